The Morgan fingerprint density at radius 3 is 2.11 bits per heavy atom. The molecule has 0 fully saturated rings. The van der Waals surface area contributed by atoms with Gasteiger partial charge in [-0.1, -0.05) is 53.0 Å². The first-order valence-electron chi connectivity index (χ1n) is 4.98. The van der Waals surface area contributed by atoms with Gasteiger partial charge in [0, 0.05) is 10.6 Å². The molecule has 2 rings (SSSR count). The fourth-order valence-corrected chi connectivity index (χ4v) is 2.71. The van der Waals surface area contributed by atoms with Crippen LogP contribution in [0.2, 0.25) is 15.1 Å². The predicted octanol–water partition coefficient (Wildman–Crippen LogP) is 5.01. The zero-order chi connectivity index (χ0) is 13.3. The molecule has 0 aromatic heterocycles. The number of hydrogen-bond acceptors (Lipinski definition) is 1. The van der Waals surface area contributed by atoms with Gasteiger partial charge in [0.2, 0.25) is 0 Å². The van der Waals surface area contributed by atoms with Crippen LogP contribution in [0, 0.1) is 0 Å². The van der Waals surface area contributed by atoms with Gasteiger partial charge < -0.3 is 5.11 Å². The molecule has 0 radical (unpaired) electrons. The Balaban J connectivity index is 2.74. The van der Waals surface area contributed by atoms with Crippen molar-refractivity contribution >= 4 is 40.8 Å². The largest absolute Gasteiger partial charge is 0.478 e. The highest BCUT2D eigenvalue weighted by molar-refractivity contribution is 6.42. The van der Waals surface area contributed by atoms with E-state index in [1.165, 1.54) is 18.2 Å². The minimum absolute atomic E-state index is 0.142. The van der Waals surface area contributed by atoms with Crippen LogP contribution < -0.4 is 0 Å². The van der Waals surface area contributed by atoms with Gasteiger partial charge in [-0.15, -0.1) is 0 Å². The molecule has 0 bridgehead atoms. The molecule has 0 saturated carbocycles. The van der Waals surface area contributed by atoms with E-state index in [2.05, 4.69) is 0 Å². The lowest BCUT2D eigenvalue weighted by Crippen LogP contribution is -1.99. The monoisotopic (exact) mass is 300 g/mol. The van der Waals surface area contributed by atoms with Crippen molar-refractivity contribution in [3.63, 3.8) is 0 Å². The summed E-state index contributed by atoms with van der Waals surface area (Å²) in [5.74, 6) is -1.03. The minimum atomic E-state index is -1.03. The summed E-state index contributed by atoms with van der Waals surface area (Å²) in [4.78, 5) is 11.2. The van der Waals surface area contributed by atoms with Crippen LogP contribution in [0.3, 0.4) is 0 Å². The van der Waals surface area contributed by atoms with Crippen LogP contribution in [-0.2, 0) is 0 Å². The van der Waals surface area contributed by atoms with Gasteiger partial charge in [-0.05, 0) is 23.8 Å². The Bertz CT molecular complexity index is 600. The first-order valence-corrected chi connectivity index (χ1v) is 6.11. The quantitative estimate of drug-likeness (QED) is 0.846. The average molecular weight is 302 g/mol. The summed E-state index contributed by atoms with van der Waals surface area (Å²) >= 11 is 18.0. The van der Waals surface area contributed by atoms with Crippen molar-refractivity contribution in [3.05, 3.63) is 57.0 Å². The van der Waals surface area contributed by atoms with Crippen molar-refractivity contribution < 1.29 is 9.90 Å². The first-order chi connectivity index (χ1) is 8.50. The molecule has 0 spiro atoms. The molecule has 92 valence electrons. The zero-order valence-corrected chi connectivity index (χ0v) is 11.2. The molecule has 0 unspecified atom stereocenters. The highest BCUT2D eigenvalue weighted by Crippen LogP contribution is 2.38. The third-order valence-electron chi connectivity index (χ3n) is 2.43. The summed E-state index contributed by atoms with van der Waals surface area (Å²) in [6.45, 7) is 0. The third kappa shape index (κ3) is 2.46. The number of rotatable bonds is 2. The van der Waals surface area contributed by atoms with Gasteiger partial charge in [-0.25, -0.2) is 4.79 Å². The number of halogens is 3. The maximum Gasteiger partial charge on any atom is 0.336 e. The van der Waals surface area contributed by atoms with Gasteiger partial charge >= 0.3 is 5.97 Å². The Labute approximate surface area is 119 Å². The zero-order valence-electron chi connectivity index (χ0n) is 8.95. The summed E-state index contributed by atoms with van der Waals surface area (Å²) in [7, 11) is 0. The van der Waals surface area contributed by atoms with E-state index in [1.807, 2.05) is 0 Å². The Kier molecular flexibility index (Phi) is 3.81. The number of aromatic carboxylic acids is 1. The highest BCUT2D eigenvalue weighted by atomic mass is 35.5. The summed E-state index contributed by atoms with van der Waals surface area (Å²) in [5.41, 5.74) is 1.08. The molecule has 1 N–H and O–H groups in total. The molecular weight excluding hydrogens is 294 g/mol. The van der Waals surface area contributed by atoms with Crippen molar-refractivity contribution in [2.24, 2.45) is 0 Å². The number of carbonyl (C=O) groups is 1. The molecule has 0 aliphatic carbocycles. The molecular formula is C13H7Cl3O2. The van der Waals surface area contributed by atoms with Crippen molar-refractivity contribution in [1.29, 1.82) is 0 Å². The molecule has 0 atom stereocenters. The van der Waals surface area contributed by atoms with Crippen LogP contribution in [0.15, 0.2) is 36.4 Å². The smallest absolute Gasteiger partial charge is 0.336 e. The molecule has 0 saturated heterocycles. The van der Waals surface area contributed by atoms with Gasteiger partial charge in [0.15, 0.2) is 0 Å². The number of hydrogen-bond donors (Lipinski definition) is 1. The number of benzene rings is 2. The molecule has 5 heteroatoms. The summed E-state index contributed by atoms with van der Waals surface area (Å²) in [6.07, 6.45) is 0. The lowest BCUT2D eigenvalue weighted by Gasteiger charge is -2.10. The van der Waals surface area contributed by atoms with E-state index in [0.29, 0.717) is 26.2 Å². The van der Waals surface area contributed by atoms with E-state index in [9.17, 15) is 4.79 Å². The summed E-state index contributed by atoms with van der Waals surface area (Å²) in [6, 6.07) is 9.59. The first kappa shape index (κ1) is 13.2. The van der Waals surface area contributed by atoms with Gasteiger partial charge in [-0.3, -0.25) is 0 Å². The molecule has 0 heterocycles. The lowest BCUT2D eigenvalue weighted by atomic mass is 9.99. The second kappa shape index (κ2) is 5.19. The normalized spacial score (nSPS) is 10.4. The van der Waals surface area contributed by atoms with E-state index in [4.69, 9.17) is 39.9 Å². The molecule has 2 aromatic rings. The lowest BCUT2D eigenvalue weighted by molar-refractivity contribution is 0.0698. The molecule has 2 aromatic carbocycles. The van der Waals surface area contributed by atoms with E-state index in [-0.39, 0.29) is 5.56 Å². The fraction of sp³-hybridized carbons (Fsp3) is 0. The average Bonchev–Trinajstić information content (AvgIpc) is 2.28. The maximum absolute atomic E-state index is 11.2. The Hall–Kier alpha value is -1.22. The van der Waals surface area contributed by atoms with E-state index >= 15 is 0 Å². The van der Waals surface area contributed by atoms with Crippen molar-refractivity contribution in [1.82, 2.24) is 0 Å². The van der Waals surface area contributed by atoms with Gasteiger partial charge in [0.1, 0.15) is 0 Å². The van der Waals surface area contributed by atoms with Crippen LogP contribution in [-0.4, -0.2) is 11.1 Å². The van der Waals surface area contributed by atoms with Gasteiger partial charge in [-0.2, -0.15) is 0 Å². The summed E-state index contributed by atoms with van der Waals surface area (Å²) < 4.78 is 0. The van der Waals surface area contributed by atoms with Crippen LogP contribution in [0.5, 0.6) is 0 Å². The molecule has 0 amide bonds. The predicted molar refractivity (Wildman–Crippen MR) is 73.9 cm³/mol. The fourth-order valence-electron chi connectivity index (χ4n) is 1.69. The number of carboxylic acids is 1. The van der Waals surface area contributed by atoms with Crippen LogP contribution in [0.1, 0.15) is 10.4 Å². The SMILES string of the molecule is O=C(O)c1ccccc1-c1c(Cl)cc(Cl)cc1Cl. The van der Waals surface area contributed by atoms with Gasteiger partial charge in [0.25, 0.3) is 0 Å². The second-order valence-corrected chi connectivity index (χ2v) is 4.85. The summed E-state index contributed by atoms with van der Waals surface area (Å²) in [5, 5.41) is 10.2. The topological polar surface area (TPSA) is 37.3 Å². The number of carboxylic acid groups (broad SMARTS) is 1. The van der Waals surface area contributed by atoms with Crippen molar-refractivity contribution in [3.8, 4) is 11.1 Å². The van der Waals surface area contributed by atoms with Crippen LogP contribution in [0.25, 0.3) is 11.1 Å². The second-order valence-electron chi connectivity index (χ2n) is 3.60. The minimum Gasteiger partial charge on any atom is -0.478 e. The standard InChI is InChI=1S/C13H7Cl3O2/c14-7-5-10(15)12(11(16)6-7)8-3-1-2-4-9(8)13(17)18/h1-6H,(H,17,18). The Morgan fingerprint density at radius 2 is 1.56 bits per heavy atom. The molecule has 0 aliphatic heterocycles. The third-order valence-corrected chi connectivity index (χ3v) is 3.25. The molecule has 0 aliphatic rings. The van der Waals surface area contributed by atoms with Crippen LogP contribution >= 0.6 is 34.8 Å². The van der Waals surface area contributed by atoms with Gasteiger partial charge in [0.05, 0.1) is 15.6 Å². The van der Waals surface area contributed by atoms with Crippen molar-refractivity contribution in [2.75, 3.05) is 0 Å². The van der Waals surface area contributed by atoms with E-state index in [0.717, 1.165) is 0 Å². The maximum atomic E-state index is 11.2. The Morgan fingerprint density at radius 1 is 1.00 bits per heavy atom. The highest BCUT2D eigenvalue weighted by Gasteiger charge is 2.16. The van der Waals surface area contributed by atoms with E-state index < -0.39 is 5.97 Å². The van der Waals surface area contributed by atoms with Crippen LogP contribution in [0.4, 0.5) is 0 Å². The van der Waals surface area contributed by atoms with Crippen molar-refractivity contribution in [2.45, 2.75) is 0 Å². The molecule has 18 heavy (non-hydrogen) atoms. The van der Waals surface area contributed by atoms with E-state index in [1.54, 1.807) is 18.2 Å². The molecule has 2 nitrogen and oxygen atoms in total.